The monoisotopic (exact) mass is 359 g/mol. The summed E-state index contributed by atoms with van der Waals surface area (Å²) in [5.41, 5.74) is -1.41. The van der Waals surface area contributed by atoms with Crippen molar-refractivity contribution in [2.45, 2.75) is 12.4 Å². The summed E-state index contributed by atoms with van der Waals surface area (Å²) in [4.78, 5) is 8.07. The summed E-state index contributed by atoms with van der Waals surface area (Å²) in [5, 5.41) is 0. The van der Waals surface area contributed by atoms with Crippen molar-refractivity contribution in [1.82, 2.24) is 9.97 Å². The first kappa shape index (κ1) is 17.1. The number of imidazole rings is 1. The van der Waals surface area contributed by atoms with E-state index in [4.69, 9.17) is 0 Å². The molecule has 1 heterocycles. The van der Waals surface area contributed by atoms with E-state index in [9.17, 15) is 26.3 Å². The van der Waals surface area contributed by atoms with E-state index in [1.54, 1.807) is 0 Å². The third-order valence-electron chi connectivity index (χ3n) is 3.71. The fraction of sp³-hybridized carbons (Fsp3) is 0.188. The summed E-state index contributed by atoms with van der Waals surface area (Å²) >= 11 is 0. The van der Waals surface area contributed by atoms with Gasteiger partial charge in [-0.25, -0.2) is 4.98 Å². The molecular weight excluding hydrogens is 348 g/mol. The van der Waals surface area contributed by atoms with E-state index in [0.29, 0.717) is 5.69 Å². The number of aromatic amines is 1. The second kappa shape index (κ2) is 5.68. The fourth-order valence-electron chi connectivity index (χ4n) is 2.40. The third kappa shape index (κ3) is 3.26. The SMILES string of the molecule is CN(c1ccc(C(F)(F)F)cc1)c1nc2c(C(F)(F)F)cccc2[nH]1. The highest BCUT2D eigenvalue weighted by atomic mass is 19.4. The van der Waals surface area contributed by atoms with Crippen LogP contribution in [0, 0.1) is 0 Å². The first-order valence-electron chi connectivity index (χ1n) is 7.04. The number of nitrogens with one attached hydrogen (secondary N) is 1. The number of aromatic nitrogens is 2. The Balaban J connectivity index is 1.99. The van der Waals surface area contributed by atoms with Crippen LogP contribution < -0.4 is 4.90 Å². The van der Waals surface area contributed by atoms with Gasteiger partial charge in [0.2, 0.25) is 5.95 Å². The molecule has 0 spiro atoms. The summed E-state index contributed by atoms with van der Waals surface area (Å²) in [6, 6.07) is 7.87. The number of benzene rings is 2. The number of para-hydroxylation sites is 1. The molecule has 3 nitrogen and oxygen atoms in total. The van der Waals surface area contributed by atoms with Gasteiger partial charge in [-0.15, -0.1) is 0 Å². The fourth-order valence-corrected chi connectivity index (χ4v) is 2.40. The van der Waals surface area contributed by atoms with E-state index in [1.807, 2.05) is 0 Å². The summed E-state index contributed by atoms with van der Waals surface area (Å²) < 4.78 is 76.9. The summed E-state index contributed by atoms with van der Waals surface area (Å²) in [6.45, 7) is 0. The predicted octanol–water partition coefficient (Wildman–Crippen LogP) is 5.37. The Morgan fingerprint density at radius 1 is 0.880 bits per heavy atom. The van der Waals surface area contributed by atoms with Gasteiger partial charge in [0.25, 0.3) is 0 Å². The number of nitrogens with zero attached hydrogens (tertiary/aromatic N) is 2. The van der Waals surface area contributed by atoms with E-state index in [-0.39, 0.29) is 17.0 Å². The molecule has 2 aromatic carbocycles. The molecule has 0 amide bonds. The number of H-pyrrole nitrogens is 1. The average molecular weight is 359 g/mol. The number of halogens is 6. The van der Waals surface area contributed by atoms with Crippen molar-refractivity contribution >= 4 is 22.7 Å². The summed E-state index contributed by atoms with van der Waals surface area (Å²) in [5.74, 6) is 0.0893. The van der Waals surface area contributed by atoms with Crippen LogP contribution in [0.15, 0.2) is 42.5 Å². The molecule has 0 saturated carbocycles. The number of hydrogen-bond acceptors (Lipinski definition) is 2. The summed E-state index contributed by atoms with van der Waals surface area (Å²) in [6.07, 6.45) is -9.02. The molecule has 3 rings (SSSR count). The van der Waals surface area contributed by atoms with E-state index >= 15 is 0 Å². The van der Waals surface area contributed by atoms with Gasteiger partial charge in [0, 0.05) is 12.7 Å². The standard InChI is InChI=1S/C16H11F6N3/c1-25(10-7-5-9(6-8-10)15(17,18)19)14-23-12-4-2-3-11(13(12)24-14)16(20,21)22/h2-8H,1H3,(H,23,24). The van der Waals surface area contributed by atoms with Gasteiger partial charge in [-0.2, -0.15) is 26.3 Å². The Bertz CT molecular complexity index is 893. The Labute approximate surface area is 137 Å². The van der Waals surface area contributed by atoms with Gasteiger partial charge >= 0.3 is 12.4 Å². The molecule has 0 saturated heterocycles. The van der Waals surface area contributed by atoms with Crippen molar-refractivity contribution in [3.63, 3.8) is 0 Å². The van der Waals surface area contributed by atoms with Gasteiger partial charge in [-0.05, 0) is 36.4 Å². The second-order valence-corrected chi connectivity index (χ2v) is 5.36. The van der Waals surface area contributed by atoms with Crippen molar-refractivity contribution in [1.29, 1.82) is 0 Å². The number of anilines is 2. The molecule has 1 aromatic heterocycles. The van der Waals surface area contributed by atoms with Crippen LogP contribution in [0.25, 0.3) is 11.0 Å². The topological polar surface area (TPSA) is 31.9 Å². The molecule has 0 aliphatic rings. The van der Waals surface area contributed by atoms with E-state index < -0.39 is 23.5 Å². The van der Waals surface area contributed by atoms with Crippen LogP contribution in [0.4, 0.5) is 38.0 Å². The van der Waals surface area contributed by atoms with Crippen molar-refractivity contribution < 1.29 is 26.3 Å². The Hall–Kier alpha value is -2.71. The van der Waals surface area contributed by atoms with Gasteiger partial charge in [-0.1, -0.05) is 6.07 Å². The van der Waals surface area contributed by atoms with Crippen LogP contribution in [0.5, 0.6) is 0 Å². The lowest BCUT2D eigenvalue weighted by molar-refractivity contribution is -0.138. The summed E-state index contributed by atoms with van der Waals surface area (Å²) in [7, 11) is 1.49. The Morgan fingerprint density at radius 2 is 1.52 bits per heavy atom. The number of rotatable bonds is 2. The molecular formula is C16H11F6N3. The van der Waals surface area contributed by atoms with Gasteiger partial charge in [0.1, 0.15) is 5.52 Å². The Morgan fingerprint density at radius 3 is 2.08 bits per heavy atom. The van der Waals surface area contributed by atoms with Crippen LogP contribution in [0.1, 0.15) is 11.1 Å². The molecule has 0 radical (unpaired) electrons. The first-order chi connectivity index (χ1) is 11.6. The molecule has 132 valence electrons. The van der Waals surface area contributed by atoms with E-state index in [0.717, 1.165) is 18.2 Å². The molecule has 25 heavy (non-hydrogen) atoms. The molecule has 0 unspecified atom stereocenters. The Kier molecular flexibility index (Phi) is 3.89. The third-order valence-corrected chi connectivity index (χ3v) is 3.71. The van der Waals surface area contributed by atoms with Crippen LogP contribution in [-0.2, 0) is 12.4 Å². The van der Waals surface area contributed by atoms with E-state index in [1.165, 1.54) is 36.2 Å². The lowest BCUT2D eigenvalue weighted by Gasteiger charge is -2.16. The molecule has 0 atom stereocenters. The molecule has 0 bridgehead atoms. The first-order valence-corrected chi connectivity index (χ1v) is 7.04. The molecule has 0 fully saturated rings. The van der Waals surface area contributed by atoms with Gasteiger partial charge in [-0.3, -0.25) is 0 Å². The van der Waals surface area contributed by atoms with Gasteiger partial charge < -0.3 is 9.88 Å². The maximum atomic E-state index is 13.0. The lowest BCUT2D eigenvalue weighted by Crippen LogP contribution is -2.12. The molecule has 1 N–H and O–H groups in total. The molecule has 0 aliphatic carbocycles. The molecule has 3 aromatic rings. The average Bonchev–Trinajstić information content (AvgIpc) is 2.96. The van der Waals surface area contributed by atoms with Crippen molar-refractivity contribution in [3.05, 3.63) is 53.6 Å². The zero-order valence-electron chi connectivity index (χ0n) is 12.7. The maximum Gasteiger partial charge on any atom is 0.418 e. The minimum atomic E-state index is -4.56. The molecule has 0 aliphatic heterocycles. The minimum Gasteiger partial charge on any atom is -0.324 e. The van der Waals surface area contributed by atoms with Gasteiger partial charge in [0.15, 0.2) is 0 Å². The van der Waals surface area contributed by atoms with E-state index in [2.05, 4.69) is 9.97 Å². The largest absolute Gasteiger partial charge is 0.418 e. The number of hydrogen-bond donors (Lipinski definition) is 1. The second-order valence-electron chi connectivity index (χ2n) is 5.36. The van der Waals surface area contributed by atoms with Crippen LogP contribution in [-0.4, -0.2) is 17.0 Å². The zero-order chi connectivity index (χ0) is 18.4. The maximum absolute atomic E-state index is 13.0. The van der Waals surface area contributed by atoms with Crippen molar-refractivity contribution in [2.24, 2.45) is 0 Å². The highest BCUT2D eigenvalue weighted by Crippen LogP contribution is 2.36. The van der Waals surface area contributed by atoms with Crippen molar-refractivity contribution in [2.75, 3.05) is 11.9 Å². The lowest BCUT2D eigenvalue weighted by atomic mass is 10.2. The smallest absolute Gasteiger partial charge is 0.324 e. The van der Waals surface area contributed by atoms with Gasteiger partial charge in [0.05, 0.1) is 16.6 Å². The van der Waals surface area contributed by atoms with Crippen molar-refractivity contribution in [3.8, 4) is 0 Å². The zero-order valence-corrected chi connectivity index (χ0v) is 12.7. The van der Waals surface area contributed by atoms with Crippen LogP contribution in [0.2, 0.25) is 0 Å². The quantitative estimate of drug-likeness (QED) is 0.624. The van der Waals surface area contributed by atoms with Crippen LogP contribution >= 0.6 is 0 Å². The minimum absolute atomic E-state index is 0.0893. The normalized spacial score (nSPS) is 12.6. The highest BCUT2D eigenvalue weighted by molar-refractivity contribution is 5.82. The number of alkyl halides is 6. The highest BCUT2D eigenvalue weighted by Gasteiger charge is 2.34. The molecule has 9 heteroatoms. The number of fused-ring (bicyclic) bond motifs is 1. The van der Waals surface area contributed by atoms with Crippen LogP contribution in [0.3, 0.4) is 0 Å². The predicted molar refractivity (Wildman–Crippen MR) is 80.6 cm³/mol.